The van der Waals surface area contributed by atoms with E-state index in [4.69, 9.17) is 11.6 Å². The van der Waals surface area contributed by atoms with Gasteiger partial charge in [-0.15, -0.1) is 0 Å². The van der Waals surface area contributed by atoms with Gasteiger partial charge in [-0.05, 0) is 31.0 Å². The number of halogens is 1. The van der Waals surface area contributed by atoms with Gasteiger partial charge in [0, 0.05) is 29.6 Å². The summed E-state index contributed by atoms with van der Waals surface area (Å²) in [5.41, 5.74) is 3.04. The van der Waals surface area contributed by atoms with Gasteiger partial charge in [0.1, 0.15) is 0 Å². The maximum atomic E-state index is 6.20. The van der Waals surface area contributed by atoms with Crippen LogP contribution in [-0.4, -0.2) is 26.5 Å². The first-order valence-electron chi connectivity index (χ1n) is 7.93. The largest absolute Gasteiger partial charge is 0.354 e. The third-order valence-electron chi connectivity index (χ3n) is 3.58. The summed E-state index contributed by atoms with van der Waals surface area (Å²) in [5.74, 6) is 1.14. The predicted molar refractivity (Wildman–Crippen MR) is 98.0 cm³/mol. The Labute approximate surface area is 145 Å². The average Bonchev–Trinajstić information content (AvgIpc) is 2.58. The molecule has 0 aliphatic rings. The lowest BCUT2D eigenvalue weighted by atomic mass is 10.2. The second kappa shape index (κ2) is 7.40. The summed E-state index contributed by atoms with van der Waals surface area (Å²) in [6.07, 6.45) is 5.41. The number of hydrogen-bond acceptors (Lipinski definition) is 6. The quantitative estimate of drug-likeness (QED) is 0.649. The summed E-state index contributed by atoms with van der Waals surface area (Å²) in [6, 6.07) is 5.78. The Kier molecular flexibility index (Phi) is 5.05. The van der Waals surface area contributed by atoms with Gasteiger partial charge >= 0.3 is 0 Å². The van der Waals surface area contributed by atoms with Crippen LogP contribution in [0.3, 0.4) is 0 Å². The molecule has 0 amide bonds. The van der Waals surface area contributed by atoms with E-state index in [0.29, 0.717) is 28.0 Å². The number of rotatable bonds is 6. The van der Waals surface area contributed by atoms with E-state index in [9.17, 15) is 0 Å². The third-order valence-corrected chi connectivity index (χ3v) is 3.99. The number of unbranched alkanes of at least 4 members (excludes halogenated alkanes) is 1. The molecule has 0 atom stereocenters. The fourth-order valence-electron chi connectivity index (χ4n) is 2.21. The molecule has 0 aliphatic heterocycles. The normalized spacial score (nSPS) is 10.8. The lowest BCUT2D eigenvalue weighted by molar-refractivity contribution is 0.827. The van der Waals surface area contributed by atoms with Gasteiger partial charge in [0.05, 0.1) is 0 Å². The molecule has 2 N–H and O–H groups in total. The molecule has 0 unspecified atom stereocenters. The van der Waals surface area contributed by atoms with Crippen LogP contribution in [0, 0.1) is 6.92 Å². The highest BCUT2D eigenvalue weighted by atomic mass is 35.5. The molecule has 6 nitrogen and oxygen atoms in total. The molecule has 124 valence electrons. The summed E-state index contributed by atoms with van der Waals surface area (Å²) >= 11 is 6.20. The topological polar surface area (TPSA) is 75.6 Å². The molecule has 0 saturated carbocycles. The van der Waals surface area contributed by atoms with E-state index in [1.54, 1.807) is 12.4 Å². The fraction of sp³-hybridized carbons (Fsp3) is 0.294. The standard InChI is InChI=1S/C17H19ClN6/c1-3-4-7-21-17-23-15-14(19-8-9-20-15)16(24-17)22-12-6-5-11(2)13(18)10-12/h5-6,8-10H,3-4,7H2,1-2H3,(H2,20,21,22,23,24). The highest BCUT2D eigenvalue weighted by Crippen LogP contribution is 2.25. The third kappa shape index (κ3) is 3.71. The maximum absolute atomic E-state index is 6.20. The van der Waals surface area contributed by atoms with E-state index in [-0.39, 0.29) is 0 Å². The van der Waals surface area contributed by atoms with Crippen molar-refractivity contribution in [2.24, 2.45) is 0 Å². The predicted octanol–water partition coefficient (Wildman–Crippen LogP) is 4.34. The molecule has 2 aromatic heterocycles. The lowest BCUT2D eigenvalue weighted by Gasteiger charge is -2.11. The molecule has 1 aromatic carbocycles. The number of nitrogens with zero attached hydrogens (tertiary/aromatic N) is 4. The van der Waals surface area contributed by atoms with Crippen molar-refractivity contribution < 1.29 is 0 Å². The Morgan fingerprint density at radius 1 is 1.12 bits per heavy atom. The average molecular weight is 343 g/mol. The highest BCUT2D eigenvalue weighted by Gasteiger charge is 2.10. The molecule has 3 rings (SSSR count). The van der Waals surface area contributed by atoms with E-state index in [0.717, 1.165) is 30.6 Å². The SMILES string of the molecule is CCCCNc1nc(Nc2ccc(C)c(Cl)c2)c2nccnc2n1. The zero-order chi connectivity index (χ0) is 16.9. The van der Waals surface area contributed by atoms with Gasteiger partial charge in [0.25, 0.3) is 0 Å². The number of anilines is 3. The first-order chi connectivity index (χ1) is 11.7. The molecule has 0 spiro atoms. The van der Waals surface area contributed by atoms with Crippen molar-refractivity contribution in [3.63, 3.8) is 0 Å². The van der Waals surface area contributed by atoms with Crippen molar-refractivity contribution in [1.29, 1.82) is 0 Å². The van der Waals surface area contributed by atoms with E-state index < -0.39 is 0 Å². The molecule has 24 heavy (non-hydrogen) atoms. The first-order valence-corrected chi connectivity index (χ1v) is 8.31. The van der Waals surface area contributed by atoms with Gasteiger partial charge < -0.3 is 10.6 Å². The summed E-state index contributed by atoms with van der Waals surface area (Å²) < 4.78 is 0. The molecule has 0 bridgehead atoms. The second-order valence-electron chi connectivity index (χ2n) is 5.49. The van der Waals surface area contributed by atoms with E-state index in [1.165, 1.54) is 0 Å². The number of nitrogens with one attached hydrogen (secondary N) is 2. The van der Waals surface area contributed by atoms with Crippen LogP contribution in [0.5, 0.6) is 0 Å². The number of hydrogen-bond donors (Lipinski definition) is 2. The van der Waals surface area contributed by atoms with Crippen LogP contribution in [0.4, 0.5) is 17.5 Å². The van der Waals surface area contributed by atoms with Gasteiger partial charge in [0.15, 0.2) is 17.0 Å². The van der Waals surface area contributed by atoms with Gasteiger partial charge in [-0.25, -0.2) is 9.97 Å². The van der Waals surface area contributed by atoms with Crippen molar-refractivity contribution in [3.05, 3.63) is 41.2 Å². The summed E-state index contributed by atoms with van der Waals surface area (Å²) in [6.45, 7) is 4.92. The van der Waals surface area contributed by atoms with E-state index in [2.05, 4.69) is 37.5 Å². The van der Waals surface area contributed by atoms with Crippen LogP contribution in [0.15, 0.2) is 30.6 Å². The van der Waals surface area contributed by atoms with Crippen LogP contribution in [0.1, 0.15) is 25.3 Å². The van der Waals surface area contributed by atoms with Crippen LogP contribution in [-0.2, 0) is 0 Å². The Balaban J connectivity index is 1.96. The summed E-state index contributed by atoms with van der Waals surface area (Å²) in [5, 5.41) is 7.20. The van der Waals surface area contributed by atoms with Crippen LogP contribution in [0.2, 0.25) is 5.02 Å². The first kappa shape index (κ1) is 16.4. The number of fused-ring (bicyclic) bond motifs is 1. The molecule has 0 radical (unpaired) electrons. The second-order valence-corrected chi connectivity index (χ2v) is 5.90. The van der Waals surface area contributed by atoms with Crippen molar-refractivity contribution in [3.8, 4) is 0 Å². The molecule has 0 aliphatic carbocycles. The van der Waals surface area contributed by atoms with Gasteiger partial charge in [-0.2, -0.15) is 9.97 Å². The molecule has 0 saturated heterocycles. The van der Waals surface area contributed by atoms with Gasteiger partial charge in [-0.3, -0.25) is 0 Å². The molecular weight excluding hydrogens is 324 g/mol. The molecule has 7 heteroatoms. The Hall–Kier alpha value is -2.47. The van der Waals surface area contributed by atoms with Crippen molar-refractivity contribution in [1.82, 2.24) is 19.9 Å². The zero-order valence-corrected chi connectivity index (χ0v) is 14.4. The molecule has 3 aromatic rings. The lowest BCUT2D eigenvalue weighted by Crippen LogP contribution is -2.08. The van der Waals surface area contributed by atoms with E-state index >= 15 is 0 Å². The van der Waals surface area contributed by atoms with Gasteiger partial charge in [-0.1, -0.05) is 31.0 Å². The molecule has 2 heterocycles. The highest BCUT2D eigenvalue weighted by molar-refractivity contribution is 6.31. The fourth-order valence-corrected chi connectivity index (χ4v) is 2.39. The summed E-state index contributed by atoms with van der Waals surface area (Å²) in [7, 11) is 0. The van der Waals surface area contributed by atoms with Gasteiger partial charge in [0.2, 0.25) is 5.95 Å². The van der Waals surface area contributed by atoms with Crippen LogP contribution in [0.25, 0.3) is 11.2 Å². The Bertz CT molecular complexity index is 852. The number of aryl methyl sites for hydroxylation is 1. The monoisotopic (exact) mass is 342 g/mol. The Morgan fingerprint density at radius 3 is 2.75 bits per heavy atom. The smallest absolute Gasteiger partial charge is 0.226 e. The van der Waals surface area contributed by atoms with Crippen molar-refractivity contribution in [2.75, 3.05) is 17.2 Å². The number of benzene rings is 1. The maximum Gasteiger partial charge on any atom is 0.226 e. The minimum absolute atomic E-state index is 0.539. The summed E-state index contributed by atoms with van der Waals surface area (Å²) in [4.78, 5) is 17.6. The van der Waals surface area contributed by atoms with Crippen LogP contribution < -0.4 is 10.6 Å². The zero-order valence-electron chi connectivity index (χ0n) is 13.7. The van der Waals surface area contributed by atoms with Crippen LogP contribution >= 0.6 is 11.6 Å². The van der Waals surface area contributed by atoms with Crippen molar-refractivity contribution >= 4 is 40.2 Å². The number of aromatic nitrogens is 4. The Morgan fingerprint density at radius 2 is 1.96 bits per heavy atom. The minimum Gasteiger partial charge on any atom is -0.354 e. The minimum atomic E-state index is 0.539. The molecule has 0 fully saturated rings. The molecular formula is C17H19ClN6. The van der Waals surface area contributed by atoms with E-state index in [1.807, 2.05) is 25.1 Å². The van der Waals surface area contributed by atoms with Crippen molar-refractivity contribution in [2.45, 2.75) is 26.7 Å².